The molecule has 1 amide bonds. The van der Waals surface area contributed by atoms with Gasteiger partial charge in [0.1, 0.15) is 5.82 Å². The van der Waals surface area contributed by atoms with Gasteiger partial charge in [-0.1, -0.05) is 18.5 Å². The smallest absolute Gasteiger partial charge is 0.256 e. The number of aryl methyl sites for hydroxylation is 1. The Hall–Kier alpha value is -1.81. The van der Waals surface area contributed by atoms with Crippen LogP contribution in [0.15, 0.2) is 30.5 Å². The van der Waals surface area contributed by atoms with Crippen LogP contribution in [0.5, 0.6) is 0 Å². The largest absolute Gasteiger partial charge is 0.307 e. The van der Waals surface area contributed by atoms with E-state index >= 15 is 0 Å². The summed E-state index contributed by atoms with van der Waals surface area (Å²) in [6.07, 6.45) is 2.52. The van der Waals surface area contributed by atoms with Crippen molar-refractivity contribution in [1.82, 2.24) is 10.2 Å². The van der Waals surface area contributed by atoms with Crippen LogP contribution in [0.2, 0.25) is 5.02 Å². The van der Waals surface area contributed by atoms with Crippen LogP contribution in [0.1, 0.15) is 22.8 Å². The van der Waals surface area contributed by atoms with Gasteiger partial charge in [0.05, 0.1) is 6.20 Å². The van der Waals surface area contributed by atoms with Crippen molar-refractivity contribution >= 4 is 23.3 Å². The van der Waals surface area contributed by atoms with Gasteiger partial charge in [0.15, 0.2) is 0 Å². The van der Waals surface area contributed by atoms with E-state index in [1.54, 1.807) is 30.5 Å². The van der Waals surface area contributed by atoms with E-state index in [-0.39, 0.29) is 5.91 Å². The van der Waals surface area contributed by atoms with Crippen LogP contribution in [0.4, 0.5) is 5.82 Å². The molecule has 0 atom stereocenters. The molecule has 0 saturated heterocycles. The minimum atomic E-state index is -0.180. The van der Waals surface area contributed by atoms with Gasteiger partial charge in [-0.3, -0.25) is 9.89 Å². The van der Waals surface area contributed by atoms with Crippen LogP contribution in [0, 0.1) is 0 Å². The van der Waals surface area contributed by atoms with Gasteiger partial charge in [-0.05, 0) is 30.7 Å². The average molecular weight is 250 g/mol. The number of hydrogen-bond donors (Lipinski definition) is 2. The van der Waals surface area contributed by atoms with Gasteiger partial charge in [0.2, 0.25) is 0 Å². The molecular formula is C12H12ClN3O. The predicted octanol–water partition coefficient (Wildman–Crippen LogP) is 2.88. The number of rotatable bonds is 3. The maximum atomic E-state index is 11.9. The highest BCUT2D eigenvalue weighted by molar-refractivity contribution is 6.30. The Morgan fingerprint density at radius 2 is 2.12 bits per heavy atom. The third kappa shape index (κ3) is 2.65. The maximum absolute atomic E-state index is 11.9. The van der Waals surface area contributed by atoms with Crippen molar-refractivity contribution in [2.75, 3.05) is 5.32 Å². The molecule has 0 saturated carbocycles. The molecule has 2 aromatic rings. The quantitative estimate of drug-likeness (QED) is 0.879. The number of H-pyrrole nitrogens is 1. The second-order valence-corrected chi connectivity index (χ2v) is 4.02. The molecule has 0 aliphatic rings. The van der Waals surface area contributed by atoms with Gasteiger partial charge in [-0.25, -0.2) is 0 Å². The summed E-state index contributed by atoms with van der Waals surface area (Å²) in [5.41, 5.74) is 1.54. The van der Waals surface area contributed by atoms with Gasteiger partial charge >= 0.3 is 0 Å². The fourth-order valence-corrected chi connectivity index (χ4v) is 1.60. The van der Waals surface area contributed by atoms with Crippen molar-refractivity contribution in [2.45, 2.75) is 13.3 Å². The monoisotopic (exact) mass is 249 g/mol. The number of hydrogen-bond acceptors (Lipinski definition) is 2. The van der Waals surface area contributed by atoms with Crippen molar-refractivity contribution in [3.05, 3.63) is 46.6 Å². The SMILES string of the molecule is CCc1cn[nH]c1NC(=O)c1ccc(Cl)cc1. The van der Waals surface area contributed by atoms with E-state index in [9.17, 15) is 4.79 Å². The summed E-state index contributed by atoms with van der Waals surface area (Å²) >= 11 is 5.76. The zero-order valence-corrected chi connectivity index (χ0v) is 10.1. The Labute approximate surface area is 104 Å². The third-order valence-electron chi connectivity index (χ3n) is 2.44. The number of carbonyl (C=O) groups is 1. The zero-order chi connectivity index (χ0) is 12.3. The molecular weight excluding hydrogens is 238 g/mol. The van der Waals surface area contributed by atoms with Crippen LogP contribution in [-0.2, 0) is 6.42 Å². The summed E-state index contributed by atoms with van der Waals surface area (Å²) < 4.78 is 0. The molecule has 1 aromatic heterocycles. The lowest BCUT2D eigenvalue weighted by Gasteiger charge is -2.04. The Morgan fingerprint density at radius 1 is 1.41 bits per heavy atom. The van der Waals surface area contributed by atoms with E-state index in [1.165, 1.54) is 0 Å². The van der Waals surface area contributed by atoms with E-state index in [0.29, 0.717) is 16.4 Å². The first-order chi connectivity index (χ1) is 8.20. The number of halogens is 1. The summed E-state index contributed by atoms with van der Waals surface area (Å²) in [5.74, 6) is 0.466. The molecule has 0 aliphatic heterocycles. The summed E-state index contributed by atoms with van der Waals surface area (Å²) in [4.78, 5) is 11.9. The highest BCUT2D eigenvalue weighted by Crippen LogP contribution is 2.14. The standard InChI is InChI=1S/C12H12ClN3O/c1-2-8-7-14-16-11(8)15-12(17)9-3-5-10(13)6-4-9/h3-7H,2H2,1H3,(H2,14,15,16,17). The van der Waals surface area contributed by atoms with Gasteiger partial charge in [0.25, 0.3) is 5.91 Å². The van der Waals surface area contributed by atoms with Crippen molar-refractivity contribution in [3.63, 3.8) is 0 Å². The second-order valence-electron chi connectivity index (χ2n) is 3.58. The van der Waals surface area contributed by atoms with Crippen LogP contribution >= 0.6 is 11.6 Å². The average Bonchev–Trinajstić information content (AvgIpc) is 2.77. The lowest BCUT2D eigenvalue weighted by atomic mass is 10.2. The Morgan fingerprint density at radius 3 is 2.76 bits per heavy atom. The predicted molar refractivity (Wildman–Crippen MR) is 67.4 cm³/mol. The van der Waals surface area contributed by atoms with Crippen molar-refractivity contribution in [1.29, 1.82) is 0 Å². The van der Waals surface area contributed by atoms with Crippen molar-refractivity contribution in [2.24, 2.45) is 0 Å². The number of benzene rings is 1. The third-order valence-corrected chi connectivity index (χ3v) is 2.70. The molecule has 2 rings (SSSR count). The summed E-state index contributed by atoms with van der Waals surface area (Å²) in [7, 11) is 0. The molecule has 0 spiro atoms. The lowest BCUT2D eigenvalue weighted by Crippen LogP contribution is -2.13. The minimum absolute atomic E-state index is 0.180. The molecule has 2 N–H and O–H groups in total. The Kier molecular flexibility index (Phi) is 3.44. The lowest BCUT2D eigenvalue weighted by molar-refractivity contribution is 0.102. The van der Waals surface area contributed by atoms with Gasteiger partial charge < -0.3 is 5.32 Å². The van der Waals surface area contributed by atoms with Crippen LogP contribution in [0.3, 0.4) is 0 Å². The fraction of sp³-hybridized carbons (Fsp3) is 0.167. The highest BCUT2D eigenvalue weighted by Gasteiger charge is 2.09. The summed E-state index contributed by atoms with van der Waals surface area (Å²) in [6.45, 7) is 2.00. The highest BCUT2D eigenvalue weighted by atomic mass is 35.5. The first kappa shape index (κ1) is 11.7. The summed E-state index contributed by atoms with van der Waals surface area (Å²) in [6, 6.07) is 6.73. The van der Waals surface area contributed by atoms with E-state index in [4.69, 9.17) is 11.6 Å². The molecule has 0 bridgehead atoms. The number of amides is 1. The first-order valence-corrected chi connectivity index (χ1v) is 5.67. The van der Waals surface area contributed by atoms with Gasteiger partial charge in [-0.2, -0.15) is 5.10 Å². The normalized spacial score (nSPS) is 10.2. The number of nitrogens with zero attached hydrogens (tertiary/aromatic N) is 1. The van der Waals surface area contributed by atoms with Crippen LogP contribution in [-0.4, -0.2) is 16.1 Å². The molecule has 0 unspecified atom stereocenters. The number of aromatic nitrogens is 2. The summed E-state index contributed by atoms with van der Waals surface area (Å²) in [5, 5.41) is 10.0. The van der Waals surface area contributed by atoms with Gasteiger partial charge in [0, 0.05) is 16.1 Å². The molecule has 0 aliphatic carbocycles. The molecule has 0 fully saturated rings. The second kappa shape index (κ2) is 5.01. The minimum Gasteiger partial charge on any atom is -0.307 e. The zero-order valence-electron chi connectivity index (χ0n) is 9.33. The molecule has 17 heavy (non-hydrogen) atoms. The molecule has 88 valence electrons. The molecule has 0 radical (unpaired) electrons. The molecule has 4 nitrogen and oxygen atoms in total. The van der Waals surface area contributed by atoms with E-state index in [1.807, 2.05) is 6.92 Å². The van der Waals surface area contributed by atoms with E-state index in [2.05, 4.69) is 15.5 Å². The molecule has 1 aromatic carbocycles. The van der Waals surface area contributed by atoms with Crippen molar-refractivity contribution < 1.29 is 4.79 Å². The number of carbonyl (C=O) groups excluding carboxylic acids is 1. The molecule has 1 heterocycles. The van der Waals surface area contributed by atoms with Gasteiger partial charge in [-0.15, -0.1) is 0 Å². The number of nitrogens with one attached hydrogen (secondary N) is 2. The first-order valence-electron chi connectivity index (χ1n) is 5.30. The maximum Gasteiger partial charge on any atom is 0.256 e. The molecule has 5 heteroatoms. The Bertz CT molecular complexity index is 519. The van der Waals surface area contributed by atoms with E-state index < -0.39 is 0 Å². The number of anilines is 1. The van der Waals surface area contributed by atoms with E-state index in [0.717, 1.165) is 12.0 Å². The number of aromatic amines is 1. The fourth-order valence-electron chi connectivity index (χ4n) is 1.47. The van der Waals surface area contributed by atoms with Crippen molar-refractivity contribution in [3.8, 4) is 0 Å². The van der Waals surface area contributed by atoms with Crippen LogP contribution < -0.4 is 5.32 Å². The Balaban J connectivity index is 2.14. The topological polar surface area (TPSA) is 57.8 Å². The van der Waals surface area contributed by atoms with Crippen LogP contribution in [0.25, 0.3) is 0 Å².